The van der Waals surface area contributed by atoms with Crippen LogP contribution in [0.25, 0.3) is 0 Å². The quantitative estimate of drug-likeness (QED) is 0.477. The summed E-state index contributed by atoms with van der Waals surface area (Å²) < 4.78 is 0. The number of urea groups is 1. The second kappa shape index (κ2) is 36.2. The van der Waals surface area contributed by atoms with Crippen molar-refractivity contribution >= 4 is 17.9 Å². The Hall–Kier alpha value is -1.72. The standard InChI is InChI=1S/C4H8O.C3H8N2O.C2H3NO.CH5N.CH4/c1-3-4(2)5;1-4-3(6)5-2;1-3-2-4;1-2;/h3H2,1-2H3;1-2H3,(H2,4,5,6);1H3;2H2,1H3;1H4. The van der Waals surface area contributed by atoms with Crippen molar-refractivity contribution in [2.24, 2.45) is 10.7 Å². The predicted octanol–water partition coefficient (Wildman–Crippen LogP) is 0.694. The number of amides is 2. The Labute approximate surface area is 110 Å². The van der Waals surface area contributed by atoms with Gasteiger partial charge < -0.3 is 21.2 Å². The van der Waals surface area contributed by atoms with Crippen LogP contribution in [-0.4, -0.2) is 46.1 Å². The number of rotatable bonds is 1. The first kappa shape index (κ1) is 29.9. The maximum absolute atomic E-state index is 9.96. The molecule has 0 rings (SSSR count). The molecule has 110 valence electrons. The van der Waals surface area contributed by atoms with Gasteiger partial charge in [-0.1, -0.05) is 14.4 Å². The summed E-state index contributed by atoms with van der Waals surface area (Å²) in [5.74, 6) is 0.255. The highest BCUT2D eigenvalue weighted by molar-refractivity contribution is 5.74. The summed E-state index contributed by atoms with van der Waals surface area (Å²) in [6.45, 7) is 3.43. The van der Waals surface area contributed by atoms with Gasteiger partial charge in [0.1, 0.15) is 5.78 Å². The molecule has 0 unspecified atom stereocenters. The van der Waals surface area contributed by atoms with Gasteiger partial charge in [-0.15, -0.1) is 0 Å². The molecule has 0 aliphatic rings. The van der Waals surface area contributed by atoms with E-state index in [4.69, 9.17) is 4.79 Å². The minimum atomic E-state index is -0.157. The highest BCUT2D eigenvalue weighted by Gasteiger charge is 1.81. The lowest BCUT2D eigenvalue weighted by molar-refractivity contribution is -0.116. The van der Waals surface area contributed by atoms with E-state index in [0.717, 1.165) is 0 Å². The van der Waals surface area contributed by atoms with Crippen molar-refractivity contribution in [2.45, 2.75) is 27.7 Å². The summed E-state index contributed by atoms with van der Waals surface area (Å²) in [5, 5.41) is 4.73. The van der Waals surface area contributed by atoms with Crippen LogP contribution in [0.15, 0.2) is 4.99 Å². The number of carbonyl (C=O) groups excluding carboxylic acids is 3. The molecule has 0 aliphatic carbocycles. The molecule has 0 aromatic heterocycles. The maximum Gasteiger partial charge on any atom is 0.314 e. The smallest absolute Gasteiger partial charge is 0.314 e. The Morgan fingerprint density at radius 1 is 1.22 bits per heavy atom. The maximum atomic E-state index is 9.96. The van der Waals surface area contributed by atoms with Gasteiger partial charge in [0.2, 0.25) is 6.08 Å². The molecular weight excluding hydrogens is 236 g/mol. The minimum absolute atomic E-state index is 0. The Morgan fingerprint density at radius 3 is 1.44 bits per heavy atom. The number of ketones is 1. The fraction of sp³-hybridized carbons (Fsp3) is 0.727. The molecule has 0 aromatic carbocycles. The fourth-order valence-corrected chi connectivity index (χ4v) is 0.125. The normalized spacial score (nSPS) is 5.72. The zero-order valence-corrected chi connectivity index (χ0v) is 11.5. The highest BCUT2D eigenvalue weighted by Crippen LogP contribution is 1.71. The van der Waals surface area contributed by atoms with Gasteiger partial charge in [0, 0.05) is 27.6 Å². The molecule has 0 radical (unpaired) electrons. The molecule has 0 aromatic rings. The van der Waals surface area contributed by atoms with Crippen LogP contribution in [0.4, 0.5) is 4.79 Å². The average molecular weight is 264 g/mol. The third kappa shape index (κ3) is 90.3. The number of carbonyl (C=O) groups is 2. The van der Waals surface area contributed by atoms with E-state index >= 15 is 0 Å². The third-order valence-corrected chi connectivity index (χ3v) is 1.04. The van der Waals surface area contributed by atoms with E-state index < -0.39 is 0 Å². The summed E-state index contributed by atoms with van der Waals surface area (Å²) in [4.78, 5) is 31.6. The minimum Gasteiger partial charge on any atom is -0.341 e. The predicted molar refractivity (Wildman–Crippen MR) is 75.4 cm³/mol. The topological polar surface area (TPSA) is 114 Å². The number of hydrogen-bond acceptors (Lipinski definition) is 5. The van der Waals surface area contributed by atoms with Crippen LogP contribution in [0.2, 0.25) is 0 Å². The summed E-state index contributed by atoms with van der Waals surface area (Å²) in [7, 11) is 6.02. The number of nitrogens with two attached hydrogens (primary N) is 1. The van der Waals surface area contributed by atoms with Gasteiger partial charge in [-0.25, -0.2) is 14.6 Å². The van der Waals surface area contributed by atoms with Gasteiger partial charge in [-0.2, -0.15) is 0 Å². The lowest BCUT2D eigenvalue weighted by atomic mass is 10.4. The van der Waals surface area contributed by atoms with Gasteiger partial charge in [0.05, 0.1) is 0 Å². The molecule has 0 saturated carbocycles. The van der Waals surface area contributed by atoms with Crippen LogP contribution >= 0.6 is 0 Å². The van der Waals surface area contributed by atoms with Crippen LogP contribution in [-0.2, 0) is 9.59 Å². The third-order valence-electron chi connectivity index (χ3n) is 1.04. The number of aliphatic imine (C=N–C) groups is 1. The zero-order valence-electron chi connectivity index (χ0n) is 11.5. The molecule has 7 heteroatoms. The van der Waals surface area contributed by atoms with Crippen molar-refractivity contribution in [1.29, 1.82) is 0 Å². The zero-order chi connectivity index (χ0) is 14.7. The SMILES string of the molecule is C.CCC(C)=O.CN.CN=C=O.CNC(=O)NC. The van der Waals surface area contributed by atoms with Crippen molar-refractivity contribution < 1.29 is 14.4 Å². The first-order valence-corrected chi connectivity index (χ1v) is 4.92. The number of nitrogens with zero attached hydrogens (tertiary/aromatic N) is 1. The van der Waals surface area contributed by atoms with E-state index in [1.165, 1.54) is 20.2 Å². The van der Waals surface area contributed by atoms with Crippen LogP contribution < -0.4 is 16.4 Å². The molecule has 18 heavy (non-hydrogen) atoms. The molecule has 4 N–H and O–H groups in total. The van der Waals surface area contributed by atoms with Gasteiger partial charge in [-0.05, 0) is 14.0 Å². The second-order valence-corrected chi connectivity index (χ2v) is 2.20. The van der Waals surface area contributed by atoms with Crippen molar-refractivity contribution in [3.8, 4) is 0 Å². The lowest BCUT2D eigenvalue weighted by Gasteiger charge is -1.91. The molecule has 0 aliphatic heterocycles. The summed E-state index contributed by atoms with van der Waals surface area (Å²) in [6.07, 6.45) is 1.97. The van der Waals surface area contributed by atoms with E-state index in [0.29, 0.717) is 6.42 Å². The molecule has 0 fully saturated rings. The average Bonchev–Trinajstić information content (AvgIpc) is 2.40. The molecule has 0 atom stereocenters. The number of isocyanates is 1. The van der Waals surface area contributed by atoms with Gasteiger partial charge in [-0.3, -0.25) is 0 Å². The van der Waals surface area contributed by atoms with E-state index in [9.17, 15) is 9.59 Å². The van der Waals surface area contributed by atoms with E-state index in [1.54, 1.807) is 21.0 Å². The largest absolute Gasteiger partial charge is 0.341 e. The summed E-state index contributed by atoms with van der Waals surface area (Å²) in [5.41, 5.74) is 4.50. The monoisotopic (exact) mass is 264 g/mol. The Morgan fingerprint density at radius 2 is 1.44 bits per heavy atom. The van der Waals surface area contributed by atoms with Gasteiger partial charge >= 0.3 is 6.03 Å². The molecule has 7 nitrogen and oxygen atoms in total. The second-order valence-electron chi connectivity index (χ2n) is 2.20. The van der Waals surface area contributed by atoms with Crippen molar-refractivity contribution in [2.75, 3.05) is 28.2 Å². The summed E-state index contributed by atoms with van der Waals surface area (Å²) >= 11 is 0. The van der Waals surface area contributed by atoms with Crippen LogP contribution in [0.3, 0.4) is 0 Å². The number of nitrogens with one attached hydrogen (secondary N) is 2. The van der Waals surface area contributed by atoms with Crippen molar-refractivity contribution in [3.05, 3.63) is 0 Å². The molecule has 0 saturated heterocycles. The van der Waals surface area contributed by atoms with Crippen LogP contribution in [0.5, 0.6) is 0 Å². The van der Waals surface area contributed by atoms with Gasteiger partial charge in [0.15, 0.2) is 0 Å². The molecular formula is C11H28N4O3. The van der Waals surface area contributed by atoms with Crippen molar-refractivity contribution in [1.82, 2.24) is 10.6 Å². The molecule has 2 amide bonds. The first-order chi connectivity index (χ1) is 7.99. The van der Waals surface area contributed by atoms with Crippen molar-refractivity contribution in [3.63, 3.8) is 0 Å². The van der Waals surface area contributed by atoms with Crippen LogP contribution in [0, 0.1) is 0 Å². The Balaban J connectivity index is -0.0000000434. The van der Waals surface area contributed by atoms with Crippen LogP contribution in [0.1, 0.15) is 27.7 Å². The van der Waals surface area contributed by atoms with E-state index in [-0.39, 0.29) is 19.2 Å². The fourth-order valence-electron chi connectivity index (χ4n) is 0.125. The highest BCUT2D eigenvalue weighted by atomic mass is 16.2. The Bertz CT molecular complexity index is 208. The molecule has 0 spiro atoms. The number of Topliss-reactive ketones (excluding diaryl/α,β-unsaturated/α-hetero) is 1. The molecule has 0 heterocycles. The molecule has 0 bridgehead atoms. The van der Waals surface area contributed by atoms with E-state index in [1.807, 2.05) is 6.92 Å². The van der Waals surface area contributed by atoms with Gasteiger partial charge in [0.25, 0.3) is 0 Å². The summed E-state index contributed by atoms with van der Waals surface area (Å²) in [6, 6.07) is -0.157. The first-order valence-electron chi connectivity index (χ1n) is 4.92. The Kier molecular flexibility index (Phi) is 60.0. The van der Waals surface area contributed by atoms with E-state index in [2.05, 4.69) is 21.4 Å². The number of hydrogen-bond donors (Lipinski definition) is 3. The lowest BCUT2D eigenvalue weighted by Crippen LogP contribution is -2.28.